The number of carbonyl (C=O) groups is 1. The average Bonchev–Trinajstić information content (AvgIpc) is 2.12. The number of nitrogens with one attached hydrogen (secondary N) is 1. The van der Waals surface area contributed by atoms with Gasteiger partial charge in [-0.2, -0.15) is 0 Å². The van der Waals surface area contributed by atoms with Gasteiger partial charge in [-0.3, -0.25) is 4.79 Å². The van der Waals surface area contributed by atoms with E-state index in [2.05, 4.69) is 21.2 Å². The number of piperidine rings is 1. The van der Waals surface area contributed by atoms with Crippen LogP contribution in [0.1, 0.15) is 19.3 Å². The van der Waals surface area contributed by atoms with Crippen molar-refractivity contribution in [1.29, 1.82) is 0 Å². The number of hydrogen-bond acceptors (Lipinski definition) is 1. The van der Waals surface area contributed by atoms with Crippen LogP contribution in [0.3, 0.4) is 0 Å². The van der Waals surface area contributed by atoms with E-state index in [-0.39, 0.29) is 22.6 Å². The summed E-state index contributed by atoms with van der Waals surface area (Å²) in [7, 11) is 0. The lowest BCUT2D eigenvalue weighted by Gasteiger charge is -2.39. The molecular formula is C9H13BrFNO. The summed E-state index contributed by atoms with van der Waals surface area (Å²) in [5, 5.41) is 2.84. The van der Waals surface area contributed by atoms with Crippen LogP contribution in [0, 0.1) is 11.8 Å². The van der Waals surface area contributed by atoms with Gasteiger partial charge >= 0.3 is 0 Å². The molecule has 1 saturated heterocycles. The van der Waals surface area contributed by atoms with E-state index in [9.17, 15) is 9.18 Å². The molecule has 2 rings (SSSR count). The molecule has 0 aromatic rings. The first-order chi connectivity index (χ1) is 6.18. The van der Waals surface area contributed by atoms with Crippen molar-refractivity contribution in [1.82, 2.24) is 5.32 Å². The molecule has 2 aliphatic rings. The molecule has 1 N–H and O–H groups in total. The molecule has 74 valence electrons. The highest BCUT2D eigenvalue weighted by Crippen LogP contribution is 2.38. The first kappa shape index (κ1) is 9.44. The Morgan fingerprint density at radius 2 is 2.23 bits per heavy atom. The third-order valence-electron chi connectivity index (χ3n) is 3.11. The molecule has 0 aromatic carbocycles. The molecular weight excluding hydrogens is 237 g/mol. The van der Waals surface area contributed by atoms with Crippen LogP contribution < -0.4 is 5.32 Å². The van der Waals surface area contributed by atoms with Crippen molar-refractivity contribution in [2.45, 2.75) is 30.3 Å². The Kier molecular flexibility index (Phi) is 2.58. The smallest absolute Gasteiger partial charge is 0.223 e. The molecule has 1 amide bonds. The number of fused-ring (bicyclic) bond motifs is 1. The van der Waals surface area contributed by atoms with Crippen molar-refractivity contribution in [3.05, 3.63) is 0 Å². The number of carbonyl (C=O) groups excluding carboxylic acids is 1. The van der Waals surface area contributed by atoms with Crippen LogP contribution in [0.5, 0.6) is 0 Å². The van der Waals surface area contributed by atoms with Gasteiger partial charge in [-0.05, 0) is 25.2 Å². The van der Waals surface area contributed by atoms with Gasteiger partial charge in [0, 0.05) is 17.3 Å². The van der Waals surface area contributed by atoms with Crippen LogP contribution in [0.25, 0.3) is 0 Å². The van der Waals surface area contributed by atoms with Gasteiger partial charge in [0.1, 0.15) is 6.17 Å². The van der Waals surface area contributed by atoms with E-state index in [0.717, 1.165) is 0 Å². The monoisotopic (exact) mass is 249 g/mol. The number of halogens is 2. The summed E-state index contributed by atoms with van der Waals surface area (Å²) in [5.74, 6) is 0.371. The van der Waals surface area contributed by atoms with Crippen molar-refractivity contribution < 1.29 is 9.18 Å². The lowest BCUT2D eigenvalue weighted by atomic mass is 9.74. The number of hydrogen-bond donors (Lipinski definition) is 1. The summed E-state index contributed by atoms with van der Waals surface area (Å²) >= 11 is 3.50. The van der Waals surface area contributed by atoms with Crippen LogP contribution in [-0.2, 0) is 4.79 Å². The van der Waals surface area contributed by atoms with Gasteiger partial charge in [-0.1, -0.05) is 15.9 Å². The van der Waals surface area contributed by atoms with Crippen LogP contribution in [0.4, 0.5) is 4.39 Å². The zero-order valence-corrected chi connectivity index (χ0v) is 8.89. The maximum absolute atomic E-state index is 13.1. The molecule has 1 aliphatic heterocycles. The Labute approximate surface area is 85.4 Å². The topological polar surface area (TPSA) is 29.1 Å². The van der Waals surface area contributed by atoms with E-state index >= 15 is 0 Å². The SMILES string of the molecule is O=C1NCC(Br)C2CC(F)CCC12. The van der Waals surface area contributed by atoms with E-state index in [1.165, 1.54) is 0 Å². The third kappa shape index (κ3) is 1.73. The molecule has 0 spiro atoms. The molecule has 1 aliphatic carbocycles. The fraction of sp³-hybridized carbons (Fsp3) is 0.889. The maximum Gasteiger partial charge on any atom is 0.223 e. The standard InChI is InChI=1S/C9H13BrFNO/c10-8-4-12-9(13)6-2-1-5(11)3-7(6)8/h5-8H,1-4H2,(H,12,13). The van der Waals surface area contributed by atoms with E-state index in [4.69, 9.17) is 0 Å². The molecule has 2 nitrogen and oxygen atoms in total. The van der Waals surface area contributed by atoms with E-state index in [0.29, 0.717) is 25.8 Å². The summed E-state index contributed by atoms with van der Waals surface area (Å²) in [6.07, 6.45) is 1.11. The molecule has 4 heteroatoms. The Hall–Kier alpha value is -0.120. The second-order valence-electron chi connectivity index (χ2n) is 3.94. The van der Waals surface area contributed by atoms with Crippen LogP contribution >= 0.6 is 15.9 Å². The second kappa shape index (κ2) is 3.56. The second-order valence-corrected chi connectivity index (χ2v) is 5.12. The quantitative estimate of drug-likeness (QED) is 0.650. The predicted molar refractivity (Wildman–Crippen MR) is 51.5 cm³/mol. The van der Waals surface area contributed by atoms with Crippen molar-refractivity contribution >= 4 is 21.8 Å². The van der Waals surface area contributed by atoms with Crippen molar-refractivity contribution in [3.63, 3.8) is 0 Å². The molecule has 1 heterocycles. The largest absolute Gasteiger partial charge is 0.355 e. The highest BCUT2D eigenvalue weighted by Gasteiger charge is 2.41. The summed E-state index contributed by atoms with van der Waals surface area (Å²) in [6.45, 7) is 0.646. The maximum atomic E-state index is 13.1. The average molecular weight is 250 g/mol. The highest BCUT2D eigenvalue weighted by molar-refractivity contribution is 9.09. The van der Waals surface area contributed by atoms with Crippen molar-refractivity contribution in [2.75, 3.05) is 6.54 Å². The van der Waals surface area contributed by atoms with Gasteiger partial charge < -0.3 is 5.32 Å². The van der Waals surface area contributed by atoms with Crippen LogP contribution in [0.15, 0.2) is 0 Å². The lowest BCUT2D eigenvalue weighted by molar-refractivity contribution is -0.130. The summed E-state index contributed by atoms with van der Waals surface area (Å²) < 4.78 is 13.1. The van der Waals surface area contributed by atoms with Gasteiger partial charge in [0.15, 0.2) is 0 Å². The summed E-state index contributed by atoms with van der Waals surface area (Å²) in [5.41, 5.74) is 0. The number of rotatable bonds is 0. The Morgan fingerprint density at radius 1 is 1.46 bits per heavy atom. The molecule has 4 atom stereocenters. The zero-order valence-electron chi connectivity index (χ0n) is 7.30. The van der Waals surface area contributed by atoms with Gasteiger partial charge in [-0.25, -0.2) is 4.39 Å². The Bertz CT molecular complexity index is 224. The fourth-order valence-electron chi connectivity index (χ4n) is 2.36. The van der Waals surface area contributed by atoms with Crippen LogP contribution in [0.2, 0.25) is 0 Å². The molecule has 4 unspecified atom stereocenters. The van der Waals surface area contributed by atoms with Crippen molar-refractivity contribution in [2.24, 2.45) is 11.8 Å². The Morgan fingerprint density at radius 3 is 3.00 bits per heavy atom. The minimum absolute atomic E-state index is 0.0464. The zero-order chi connectivity index (χ0) is 9.42. The number of alkyl halides is 2. The molecule has 2 fully saturated rings. The van der Waals surface area contributed by atoms with Gasteiger partial charge in [0.05, 0.1) is 0 Å². The molecule has 13 heavy (non-hydrogen) atoms. The first-order valence-corrected chi connectivity index (χ1v) is 5.66. The summed E-state index contributed by atoms with van der Waals surface area (Å²) in [4.78, 5) is 11.7. The van der Waals surface area contributed by atoms with Crippen LogP contribution in [-0.4, -0.2) is 23.5 Å². The molecule has 0 bridgehead atoms. The van der Waals surface area contributed by atoms with Crippen molar-refractivity contribution in [3.8, 4) is 0 Å². The van der Waals surface area contributed by atoms with E-state index < -0.39 is 6.17 Å². The first-order valence-electron chi connectivity index (χ1n) is 4.74. The third-order valence-corrected chi connectivity index (χ3v) is 4.11. The molecule has 0 aromatic heterocycles. The minimum Gasteiger partial charge on any atom is -0.355 e. The van der Waals surface area contributed by atoms with E-state index in [1.807, 2.05) is 0 Å². The normalized spacial score (nSPS) is 45.2. The summed E-state index contributed by atoms with van der Waals surface area (Å²) in [6, 6.07) is 0. The molecule has 1 saturated carbocycles. The highest BCUT2D eigenvalue weighted by atomic mass is 79.9. The van der Waals surface area contributed by atoms with Gasteiger partial charge in [0.25, 0.3) is 0 Å². The molecule has 0 radical (unpaired) electrons. The Balaban J connectivity index is 2.11. The minimum atomic E-state index is -0.702. The predicted octanol–water partition coefficient (Wildman–Crippen LogP) is 1.63. The van der Waals surface area contributed by atoms with E-state index in [1.54, 1.807) is 0 Å². The van der Waals surface area contributed by atoms with Gasteiger partial charge in [0.2, 0.25) is 5.91 Å². The lowest BCUT2D eigenvalue weighted by Crippen LogP contribution is -2.50. The number of amides is 1. The van der Waals surface area contributed by atoms with Gasteiger partial charge in [-0.15, -0.1) is 0 Å². The fourth-order valence-corrected chi connectivity index (χ4v) is 3.10.